The fraction of sp³-hybridized carbons (Fsp3) is 0.846. The maximum Gasteiger partial charge on any atom is 0.0720 e. The minimum atomic E-state index is 0.161. The molecule has 0 spiro atoms. The lowest BCUT2D eigenvalue weighted by Crippen LogP contribution is -2.35. The molecule has 2 atom stereocenters. The number of rotatable bonds is 0. The molecule has 2 unspecified atom stereocenters. The van der Waals surface area contributed by atoms with Crippen LogP contribution in [-0.2, 0) is 4.74 Å². The fourth-order valence-corrected chi connectivity index (χ4v) is 2.68. The van der Waals surface area contributed by atoms with Crippen molar-refractivity contribution in [2.24, 2.45) is 11.3 Å². The van der Waals surface area contributed by atoms with Crippen LogP contribution in [0.5, 0.6) is 0 Å². The van der Waals surface area contributed by atoms with E-state index in [4.69, 9.17) is 4.74 Å². The summed E-state index contributed by atoms with van der Waals surface area (Å²) in [6.45, 7) is 10.2. The normalized spacial score (nSPS) is 38.0. The monoisotopic (exact) mass is 194 g/mol. The Morgan fingerprint density at radius 3 is 2.79 bits per heavy atom. The van der Waals surface area contributed by atoms with E-state index >= 15 is 0 Å². The molecule has 1 nitrogen and oxygen atoms in total. The average molecular weight is 194 g/mol. The van der Waals surface area contributed by atoms with Gasteiger partial charge in [-0.1, -0.05) is 32.4 Å². The van der Waals surface area contributed by atoms with Crippen LogP contribution in [0.15, 0.2) is 11.6 Å². The molecule has 0 saturated carbocycles. The number of hydrogen-bond donors (Lipinski definition) is 0. The molecule has 80 valence electrons. The molecule has 0 aromatic carbocycles. The van der Waals surface area contributed by atoms with Crippen molar-refractivity contribution in [1.82, 2.24) is 0 Å². The summed E-state index contributed by atoms with van der Waals surface area (Å²) < 4.78 is 5.86. The van der Waals surface area contributed by atoms with E-state index in [-0.39, 0.29) is 5.60 Å². The van der Waals surface area contributed by atoms with Crippen LogP contribution in [-0.4, -0.2) is 12.2 Å². The molecule has 1 heteroatoms. The number of allylic oxidation sites excluding steroid dienone is 1. The summed E-state index contributed by atoms with van der Waals surface area (Å²) in [5.41, 5.74) is 2.14. The Labute approximate surface area is 87.5 Å². The van der Waals surface area contributed by atoms with Gasteiger partial charge < -0.3 is 4.74 Å². The third-order valence-corrected chi connectivity index (χ3v) is 3.90. The van der Waals surface area contributed by atoms with Crippen molar-refractivity contribution in [1.29, 1.82) is 0 Å². The van der Waals surface area contributed by atoms with E-state index < -0.39 is 0 Å². The van der Waals surface area contributed by atoms with Crippen molar-refractivity contribution in [3.63, 3.8) is 0 Å². The third kappa shape index (κ3) is 1.63. The van der Waals surface area contributed by atoms with Gasteiger partial charge in [0.2, 0.25) is 0 Å². The fourth-order valence-electron chi connectivity index (χ4n) is 2.68. The SMILES string of the molecule is CC(C)(C)C1=CC2CCOC2(C)CC1. The first-order valence-electron chi connectivity index (χ1n) is 5.77. The number of hydrogen-bond acceptors (Lipinski definition) is 1. The Bertz CT molecular complexity index is 259. The van der Waals surface area contributed by atoms with Crippen LogP contribution in [0, 0.1) is 11.3 Å². The molecule has 2 rings (SSSR count). The van der Waals surface area contributed by atoms with Gasteiger partial charge >= 0.3 is 0 Å². The number of ether oxygens (including phenoxy) is 1. The van der Waals surface area contributed by atoms with Gasteiger partial charge in [-0.05, 0) is 31.6 Å². The zero-order valence-electron chi connectivity index (χ0n) is 9.89. The molecule has 1 fully saturated rings. The minimum Gasteiger partial charge on any atom is -0.375 e. The zero-order valence-corrected chi connectivity index (χ0v) is 9.89. The molecular formula is C13H22O. The predicted octanol–water partition coefficient (Wildman–Crippen LogP) is 3.55. The minimum absolute atomic E-state index is 0.161. The second-order valence-corrected chi connectivity index (χ2v) is 6.00. The first-order valence-corrected chi connectivity index (χ1v) is 5.77. The van der Waals surface area contributed by atoms with Gasteiger partial charge in [0.15, 0.2) is 0 Å². The van der Waals surface area contributed by atoms with Crippen LogP contribution in [0.1, 0.15) is 47.0 Å². The summed E-state index contributed by atoms with van der Waals surface area (Å²) in [5.74, 6) is 0.672. The Hall–Kier alpha value is -0.300. The second-order valence-electron chi connectivity index (χ2n) is 6.00. The molecular weight excluding hydrogens is 172 g/mol. The summed E-state index contributed by atoms with van der Waals surface area (Å²) in [5, 5.41) is 0. The molecule has 1 aliphatic heterocycles. The smallest absolute Gasteiger partial charge is 0.0720 e. The Morgan fingerprint density at radius 2 is 2.14 bits per heavy atom. The van der Waals surface area contributed by atoms with E-state index in [0.29, 0.717) is 11.3 Å². The summed E-state index contributed by atoms with van der Waals surface area (Å²) in [6.07, 6.45) is 6.14. The highest BCUT2D eigenvalue weighted by Gasteiger charge is 2.42. The van der Waals surface area contributed by atoms with Crippen LogP contribution < -0.4 is 0 Å². The van der Waals surface area contributed by atoms with E-state index in [9.17, 15) is 0 Å². The van der Waals surface area contributed by atoms with Crippen LogP contribution in [0.3, 0.4) is 0 Å². The Balaban J connectivity index is 2.23. The molecule has 0 aromatic rings. The van der Waals surface area contributed by atoms with Crippen molar-refractivity contribution < 1.29 is 4.74 Å². The topological polar surface area (TPSA) is 9.23 Å². The van der Waals surface area contributed by atoms with Crippen molar-refractivity contribution in [2.75, 3.05) is 6.61 Å². The quantitative estimate of drug-likeness (QED) is 0.536. The van der Waals surface area contributed by atoms with Gasteiger partial charge in [0.1, 0.15) is 0 Å². The van der Waals surface area contributed by atoms with E-state index in [1.165, 1.54) is 19.3 Å². The van der Waals surface area contributed by atoms with Crippen molar-refractivity contribution >= 4 is 0 Å². The molecule has 0 bridgehead atoms. The molecule has 0 radical (unpaired) electrons. The third-order valence-electron chi connectivity index (χ3n) is 3.90. The standard InChI is InChI=1S/C13H22O/c1-12(2,3)10-5-7-13(4)11(9-10)6-8-14-13/h9,11H,5-8H2,1-4H3. The lowest BCUT2D eigenvalue weighted by atomic mass is 9.71. The second kappa shape index (κ2) is 3.10. The molecule has 0 N–H and O–H groups in total. The Kier molecular flexibility index (Phi) is 2.26. The highest BCUT2D eigenvalue weighted by Crippen LogP contribution is 2.45. The first-order chi connectivity index (χ1) is 6.42. The summed E-state index contributed by atoms with van der Waals surface area (Å²) in [7, 11) is 0. The summed E-state index contributed by atoms with van der Waals surface area (Å²) in [4.78, 5) is 0. The molecule has 14 heavy (non-hydrogen) atoms. The van der Waals surface area contributed by atoms with Crippen molar-refractivity contribution in [3.05, 3.63) is 11.6 Å². The molecule has 1 heterocycles. The van der Waals surface area contributed by atoms with E-state index in [2.05, 4.69) is 33.8 Å². The van der Waals surface area contributed by atoms with Gasteiger partial charge in [-0.3, -0.25) is 0 Å². The molecule has 1 saturated heterocycles. The maximum atomic E-state index is 5.86. The van der Waals surface area contributed by atoms with Gasteiger partial charge in [-0.25, -0.2) is 0 Å². The van der Waals surface area contributed by atoms with Gasteiger partial charge in [0, 0.05) is 12.5 Å². The number of fused-ring (bicyclic) bond motifs is 1. The maximum absolute atomic E-state index is 5.86. The van der Waals surface area contributed by atoms with E-state index in [0.717, 1.165) is 6.61 Å². The van der Waals surface area contributed by atoms with Gasteiger partial charge in [-0.15, -0.1) is 0 Å². The Morgan fingerprint density at radius 1 is 1.43 bits per heavy atom. The first kappa shape index (κ1) is 10.2. The average Bonchev–Trinajstić information content (AvgIpc) is 2.42. The van der Waals surface area contributed by atoms with Crippen LogP contribution in [0.4, 0.5) is 0 Å². The highest BCUT2D eigenvalue weighted by molar-refractivity contribution is 5.20. The molecule has 0 amide bonds. The van der Waals surface area contributed by atoms with Crippen molar-refractivity contribution in [2.45, 2.75) is 52.6 Å². The lowest BCUT2D eigenvalue weighted by Gasteiger charge is -2.37. The highest BCUT2D eigenvalue weighted by atomic mass is 16.5. The molecule has 1 aliphatic carbocycles. The van der Waals surface area contributed by atoms with Gasteiger partial charge in [-0.2, -0.15) is 0 Å². The van der Waals surface area contributed by atoms with Crippen molar-refractivity contribution in [3.8, 4) is 0 Å². The molecule has 0 aromatic heterocycles. The molecule has 2 aliphatic rings. The zero-order chi connectivity index (χ0) is 10.4. The summed E-state index contributed by atoms with van der Waals surface area (Å²) >= 11 is 0. The van der Waals surface area contributed by atoms with E-state index in [1.807, 2.05) is 0 Å². The van der Waals surface area contributed by atoms with Crippen LogP contribution >= 0.6 is 0 Å². The van der Waals surface area contributed by atoms with Gasteiger partial charge in [0.25, 0.3) is 0 Å². The van der Waals surface area contributed by atoms with E-state index in [1.54, 1.807) is 5.57 Å². The predicted molar refractivity (Wildman–Crippen MR) is 59.2 cm³/mol. The van der Waals surface area contributed by atoms with Crippen LogP contribution in [0.2, 0.25) is 0 Å². The van der Waals surface area contributed by atoms with Crippen LogP contribution in [0.25, 0.3) is 0 Å². The lowest BCUT2D eigenvalue weighted by molar-refractivity contribution is -0.00756. The largest absolute Gasteiger partial charge is 0.375 e. The van der Waals surface area contributed by atoms with Gasteiger partial charge in [0.05, 0.1) is 5.60 Å². The summed E-state index contributed by atoms with van der Waals surface area (Å²) in [6, 6.07) is 0.